The van der Waals surface area contributed by atoms with Crippen LogP contribution in [0.4, 0.5) is 0 Å². The fourth-order valence-electron chi connectivity index (χ4n) is 1.54. The van der Waals surface area contributed by atoms with Gasteiger partial charge in [0.25, 0.3) is 0 Å². The van der Waals surface area contributed by atoms with Crippen LogP contribution in [0.2, 0.25) is 0 Å². The molecule has 0 aromatic heterocycles. The lowest BCUT2D eigenvalue weighted by Crippen LogP contribution is -2.39. The maximum atomic E-state index is 5.62. The maximum Gasteiger partial charge on any atom is 0.0484 e. The van der Waals surface area contributed by atoms with E-state index in [1.807, 2.05) is 0 Å². The quantitative estimate of drug-likeness (QED) is 0.587. The zero-order chi connectivity index (χ0) is 7.56. The van der Waals surface area contributed by atoms with Crippen molar-refractivity contribution in [3.8, 4) is 0 Å². The van der Waals surface area contributed by atoms with E-state index in [2.05, 4.69) is 18.5 Å². The zero-order valence-electron chi connectivity index (χ0n) is 6.64. The maximum absolute atomic E-state index is 5.62. The third-order valence-corrected chi connectivity index (χ3v) is 2.20. The van der Waals surface area contributed by atoms with E-state index >= 15 is 0 Å². The van der Waals surface area contributed by atoms with Crippen molar-refractivity contribution in [2.75, 3.05) is 13.6 Å². The number of likely N-dealkylation sites (N-methyl/N-ethyl adjacent to an activating group) is 1. The minimum absolute atomic E-state index is 0.439. The van der Waals surface area contributed by atoms with E-state index in [0.717, 1.165) is 5.70 Å². The van der Waals surface area contributed by atoms with Gasteiger partial charge in [0.2, 0.25) is 0 Å². The molecule has 0 amide bonds. The van der Waals surface area contributed by atoms with Crippen LogP contribution in [0.15, 0.2) is 12.3 Å². The summed E-state index contributed by atoms with van der Waals surface area (Å²) >= 11 is 0. The van der Waals surface area contributed by atoms with Crippen LogP contribution >= 0.6 is 0 Å². The van der Waals surface area contributed by atoms with E-state index in [0.29, 0.717) is 6.04 Å². The Balaban J connectivity index is 2.47. The van der Waals surface area contributed by atoms with Crippen LogP contribution in [0.3, 0.4) is 0 Å². The third-order valence-electron chi connectivity index (χ3n) is 2.20. The monoisotopic (exact) mass is 140 g/mol. The molecular formula is C8H16N2. The van der Waals surface area contributed by atoms with Crippen LogP contribution in [0.25, 0.3) is 0 Å². The highest BCUT2D eigenvalue weighted by atomic mass is 15.1. The van der Waals surface area contributed by atoms with Gasteiger partial charge in [-0.15, -0.1) is 0 Å². The first kappa shape index (κ1) is 7.61. The standard InChI is InChI=1S/C8H16N2/c1-7(9)8-5-3-4-6-10(8)2/h8H,1,3-6,9H2,2H3. The lowest BCUT2D eigenvalue weighted by molar-refractivity contribution is 0.212. The topological polar surface area (TPSA) is 29.3 Å². The second-order valence-corrected chi connectivity index (χ2v) is 3.07. The van der Waals surface area contributed by atoms with Crippen LogP contribution in [-0.2, 0) is 0 Å². The Labute approximate surface area is 62.7 Å². The summed E-state index contributed by atoms with van der Waals surface area (Å²) in [4.78, 5) is 2.28. The van der Waals surface area contributed by atoms with Gasteiger partial charge in [0.1, 0.15) is 0 Å². The van der Waals surface area contributed by atoms with Gasteiger partial charge in [0.05, 0.1) is 0 Å². The molecule has 10 heavy (non-hydrogen) atoms. The Bertz CT molecular complexity index is 131. The van der Waals surface area contributed by atoms with E-state index in [1.54, 1.807) is 0 Å². The van der Waals surface area contributed by atoms with Gasteiger partial charge < -0.3 is 5.73 Å². The molecule has 1 atom stereocenters. The van der Waals surface area contributed by atoms with Gasteiger partial charge in [0, 0.05) is 11.7 Å². The highest BCUT2D eigenvalue weighted by Gasteiger charge is 2.19. The second kappa shape index (κ2) is 3.06. The van der Waals surface area contributed by atoms with Crippen molar-refractivity contribution in [3.05, 3.63) is 12.3 Å². The minimum Gasteiger partial charge on any atom is -0.401 e. The molecular weight excluding hydrogens is 124 g/mol. The van der Waals surface area contributed by atoms with Crippen molar-refractivity contribution in [3.63, 3.8) is 0 Å². The number of nitrogens with zero attached hydrogens (tertiary/aromatic N) is 1. The Morgan fingerprint density at radius 2 is 2.30 bits per heavy atom. The molecule has 58 valence electrons. The number of hydrogen-bond donors (Lipinski definition) is 1. The summed E-state index contributed by atoms with van der Waals surface area (Å²) in [6.45, 7) is 4.93. The summed E-state index contributed by atoms with van der Waals surface area (Å²) in [6.07, 6.45) is 3.79. The summed E-state index contributed by atoms with van der Waals surface area (Å²) in [5.74, 6) is 0. The molecule has 1 fully saturated rings. The molecule has 0 spiro atoms. The van der Waals surface area contributed by atoms with E-state index in [1.165, 1.54) is 25.8 Å². The molecule has 1 unspecified atom stereocenters. The highest BCUT2D eigenvalue weighted by molar-refractivity contribution is 5.01. The van der Waals surface area contributed by atoms with Crippen molar-refractivity contribution in [1.82, 2.24) is 4.90 Å². The summed E-state index contributed by atoms with van der Waals surface area (Å²) in [5.41, 5.74) is 6.44. The molecule has 2 N–H and O–H groups in total. The number of likely N-dealkylation sites (tertiary alicyclic amines) is 1. The number of hydrogen-bond acceptors (Lipinski definition) is 2. The molecule has 2 heteroatoms. The predicted octanol–water partition coefficient (Wildman–Crippen LogP) is 0.943. The van der Waals surface area contributed by atoms with Gasteiger partial charge in [-0.25, -0.2) is 0 Å². The summed E-state index contributed by atoms with van der Waals surface area (Å²) in [6, 6.07) is 0.439. The summed E-state index contributed by atoms with van der Waals surface area (Å²) in [7, 11) is 2.11. The molecule has 1 heterocycles. The van der Waals surface area contributed by atoms with Crippen molar-refractivity contribution in [2.24, 2.45) is 5.73 Å². The predicted molar refractivity (Wildman–Crippen MR) is 43.6 cm³/mol. The average Bonchev–Trinajstić information content (AvgIpc) is 1.88. The molecule has 1 aliphatic heterocycles. The summed E-state index contributed by atoms with van der Waals surface area (Å²) in [5, 5.41) is 0. The van der Waals surface area contributed by atoms with E-state index in [4.69, 9.17) is 5.73 Å². The lowest BCUT2D eigenvalue weighted by atomic mass is 10.0. The Hall–Kier alpha value is -0.500. The molecule has 0 aromatic rings. The SMILES string of the molecule is C=C(N)C1CCCCN1C. The minimum atomic E-state index is 0.439. The fraction of sp³-hybridized carbons (Fsp3) is 0.750. The van der Waals surface area contributed by atoms with Crippen LogP contribution in [0, 0.1) is 0 Å². The third kappa shape index (κ3) is 1.51. The lowest BCUT2D eigenvalue weighted by Gasteiger charge is -2.32. The fourth-order valence-corrected chi connectivity index (χ4v) is 1.54. The van der Waals surface area contributed by atoms with Crippen molar-refractivity contribution >= 4 is 0 Å². The second-order valence-electron chi connectivity index (χ2n) is 3.07. The van der Waals surface area contributed by atoms with E-state index in [9.17, 15) is 0 Å². The van der Waals surface area contributed by atoms with Crippen molar-refractivity contribution in [1.29, 1.82) is 0 Å². The number of rotatable bonds is 1. The van der Waals surface area contributed by atoms with E-state index < -0.39 is 0 Å². The van der Waals surface area contributed by atoms with Crippen molar-refractivity contribution in [2.45, 2.75) is 25.3 Å². The van der Waals surface area contributed by atoms with E-state index in [-0.39, 0.29) is 0 Å². The molecule has 2 nitrogen and oxygen atoms in total. The van der Waals surface area contributed by atoms with Gasteiger partial charge in [0.15, 0.2) is 0 Å². The first-order valence-electron chi connectivity index (χ1n) is 3.86. The molecule has 1 saturated heterocycles. The summed E-state index contributed by atoms with van der Waals surface area (Å²) < 4.78 is 0. The van der Waals surface area contributed by atoms with Crippen LogP contribution in [-0.4, -0.2) is 24.5 Å². The largest absolute Gasteiger partial charge is 0.401 e. The molecule has 0 saturated carbocycles. The van der Waals surface area contributed by atoms with Gasteiger partial charge >= 0.3 is 0 Å². The zero-order valence-corrected chi connectivity index (χ0v) is 6.64. The van der Waals surface area contributed by atoms with Crippen LogP contribution in [0.1, 0.15) is 19.3 Å². The molecule has 0 aromatic carbocycles. The smallest absolute Gasteiger partial charge is 0.0484 e. The van der Waals surface area contributed by atoms with Crippen LogP contribution in [0.5, 0.6) is 0 Å². The molecule has 0 radical (unpaired) electrons. The Morgan fingerprint density at radius 3 is 2.70 bits per heavy atom. The van der Waals surface area contributed by atoms with Gasteiger partial charge in [-0.05, 0) is 26.4 Å². The molecule has 1 rings (SSSR count). The Kier molecular flexibility index (Phi) is 2.33. The first-order chi connectivity index (χ1) is 4.72. The van der Waals surface area contributed by atoms with Gasteiger partial charge in [-0.1, -0.05) is 13.0 Å². The first-order valence-corrected chi connectivity index (χ1v) is 3.86. The normalized spacial score (nSPS) is 28.3. The average molecular weight is 140 g/mol. The number of piperidine rings is 1. The van der Waals surface area contributed by atoms with Crippen LogP contribution < -0.4 is 5.73 Å². The molecule has 0 bridgehead atoms. The Morgan fingerprint density at radius 1 is 1.60 bits per heavy atom. The van der Waals surface area contributed by atoms with Gasteiger partial charge in [-0.2, -0.15) is 0 Å². The molecule has 0 aliphatic carbocycles. The number of nitrogens with two attached hydrogens (primary N) is 1. The van der Waals surface area contributed by atoms with Crippen molar-refractivity contribution < 1.29 is 0 Å². The van der Waals surface area contributed by atoms with Gasteiger partial charge in [-0.3, -0.25) is 4.90 Å². The highest BCUT2D eigenvalue weighted by Crippen LogP contribution is 2.17. The molecule has 1 aliphatic rings.